The van der Waals surface area contributed by atoms with Gasteiger partial charge in [0, 0.05) is 31.0 Å². The minimum atomic E-state index is -0.174. The molecular weight excluding hydrogens is 512 g/mol. The molecule has 0 unspecified atom stereocenters. The fourth-order valence-corrected chi connectivity index (χ4v) is 6.12. The number of amides is 1. The largest absolute Gasteiger partial charge is 0.352 e. The number of thiazole rings is 1. The van der Waals surface area contributed by atoms with E-state index in [1.54, 1.807) is 17.5 Å². The van der Waals surface area contributed by atoms with Crippen LogP contribution in [0.4, 0.5) is 5.69 Å². The first-order valence-corrected chi connectivity index (χ1v) is 13.7. The Morgan fingerprint density at radius 2 is 1.87 bits per heavy atom. The first kappa shape index (κ1) is 24.3. The summed E-state index contributed by atoms with van der Waals surface area (Å²) < 4.78 is 3.26. The van der Waals surface area contributed by atoms with Gasteiger partial charge in [0.05, 0.1) is 33.7 Å². The summed E-state index contributed by atoms with van der Waals surface area (Å²) >= 11 is 7.46. The monoisotopic (exact) mass is 538 g/mol. The number of nitrogens with one attached hydrogen (secondary N) is 2. The minimum Gasteiger partial charge on any atom is -0.352 e. The van der Waals surface area contributed by atoms with Gasteiger partial charge < -0.3 is 15.5 Å². The maximum Gasteiger partial charge on any atom is 0.226 e. The van der Waals surface area contributed by atoms with Crippen LogP contribution in [0.25, 0.3) is 15.3 Å². The first-order valence-electron chi connectivity index (χ1n) is 12.4. The molecule has 3 aromatic heterocycles. The van der Waals surface area contributed by atoms with Crippen molar-refractivity contribution >= 4 is 50.5 Å². The summed E-state index contributed by atoms with van der Waals surface area (Å²) in [5, 5.41) is 7.97. The second-order valence-corrected chi connectivity index (χ2v) is 10.6. The van der Waals surface area contributed by atoms with E-state index in [0.717, 1.165) is 38.0 Å². The van der Waals surface area contributed by atoms with Gasteiger partial charge in [0.25, 0.3) is 0 Å². The zero-order valence-corrected chi connectivity index (χ0v) is 22.4. The summed E-state index contributed by atoms with van der Waals surface area (Å²) in [5.74, 6) is -0.0572. The maximum absolute atomic E-state index is 12.9. The van der Waals surface area contributed by atoms with E-state index in [-0.39, 0.29) is 18.0 Å². The molecule has 4 heterocycles. The first-order chi connectivity index (χ1) is 18.6. The number of thiocarbonyl (C=S) groups is 1. The number of aryl methyl sites for hydroxylation is 1. The highest BCUT2D eigenvalue weighted by Gasteiger charge is 2.41. The van der Waals surface area contributed by atoms with Crippen LogP contribution in [0.3, 0.4) is 0 Å². The van der Waals surface area contributed by atoms with Gasteiger partial charge in [0.2, 0.25) is 5.91 Å². The number of rotatable bonds is 7. The standard InChI is InChI=1S/C29H26N6OS2/c1-19-11-13-20(14-12-19)31-25(36)15-18-35-27(26(33-28(35)37)22-8-4-5-16-30-22)23-9-6-17-34(23)29-32-21-7-2-3-10-24(21)38-29/h2-14,16-17,26-27H,15,18H2,1H3,(H,31,36)(H,33,37)/t26-,27-/m1/s1. The molecule has 5 aromatic rings. The zero-order valence-electron chi connectivity index (χ0n) is 20.7. The predicted molar refractivity (Wildman–Crippen MR) is 156 cm³/mol. The molecule has 2 atom stereocenters. The molecule has 0 bridgehead atoms. The number of aromatic nitrogens is 3. The summed E-state index contributed by atoms with van der Waals surface area (Å²) in [5.41, 5.74) is 4.83. The second kappa shape index (κ2) is 10.4. The Bertz CT molecular complexity index is 1560. The van der Waals surface area contributed by atoms with Crippen LogP contribution in [0, 0.1) is 6.92 Å². The molecule has 1 fully saturated rings. The van der Waals surface area contributed by atoms with Gasteiger partial charge in [-0.3, -0.25) is 14.3 Å². The number of carbonyl (C=O) groups is 1. The maximum atomic E-state index is 12.9. The molecule has 2 N–H and O–H groups in total. The quantitative estimate of drug-likeness (QED) is 0.256. The average Bonchev–Trinajstić information content (AvgIpc) is 3.65. The van der Waals surface area contributed by atoms with E-state index < -0.39 is 0 Å². The highest BCUT2D eigenvalue weighted by atomic mass is 32.1. The van der Waals surface area contributed by atoms with Crippen LogP contribution in [0.2, 0.25) is 0 Å². The van der Waals surface area contributed by atoms with E-state index in [1.807, 2.05) is 79.9 Å². The predicted octanol–water partition coefficient (Wildman–Crippen LogP) is 5.79. The molecule has 0 spiro atoms. The summed E-state index contributed by atoms with van der Waals surface area (Å²) in [6.45, 7) is 2.48. The molecule has 1 saturated heterocycles. The van der Waals surface area contributed by atoms with E-state index >= 15 is 0 Å². The number of pyridine rings is 1. The van der Waals surface area contributed by atoms with E-state index in [0.29, 0.717) is 18.1 Å². The van der Waals surface area contributed by atoms with Crippen molar-refractivity contribution in [2.24, 2.45) is 0 Å². The second-order valence-electron chi connectivity index (χ2n) is 9.25. The zero-order chi connectivity index (χ0) is 26.1. The lowest BCUT2D eigenvalue weighted by Gasteiger charge is -2.28. The molecule has 190 valence electrons. The van der Waals surface area contributed by atoms with Crippen LogP contribution in [0.15, 0.2) is 91.3 Å². The minimum absolute atomic E-state index is 0.0572. The summed E-state index contributed by atoms with van der Waals surface area (Å²) in [6, 6.07) is 25.6. The van der Waals surface area contributed by atoms with Gasteiger partial charge in [-0.15, -0.1) is 0 Å². The summed E-state index contributed by atoms with van der Waals surface area (Å²) in [4.78, 5) is 24.5. The lowest BCUT2D eigenvalue weighted by Crippen LogP contribution is -2.33. The van der Waals surface area contributed by atoms with Gasteiger partial charge in [0.1, 0.15) is 0 Å². The molecule has 7 nitrogen and oxygen atoms in total. The Morgan fingerprint density at radius 3 is 2.66 bits per heavy atom. The molecule has 9 heteroatoms. The number of benzene rings is 2. The van der Waals surface area contributed by atoms with Crippen LogP contribution < -0.4 is 10.6 Å². The lowest BCUT2D eigenvalue weighted by molar-refractivity contribution is -0.116. The van der Waals surface area contributed by atoms with Gasteiger partial charge in [-0.2, -0.15) is 0 Å². The van der Waals surface area contributed by atoms with Crippen molar-refractivity contribution in [2.75, 3.05) is 11.9 Å². The summed E-state index contributed by atoms with van der Waals surface area (Å²) in [6.07, 6.45) is 4.12. The number of carbonyl (C=O) groups excluding carboxylic acids is 1. The normalized spacial score (nSPS) is 17.1. The Balaban J connectivity index is 1.31. The Morgan fingerprint density at radius 1 is 1.05 bits per heavy atom. The third-order valence-corrected chi connectivity index (χ3v) is 8.07. The fourth-order valence-electron chi connectivity index (χ4n) is 4.82. The van der Waals surface area contributed by atoms with Gasteiger partial charge in [-0.1, -0.05) is 47.2 Å². The highest BCUT2D eigenvalue weighted by Crippen LogP contribution is 2.40. The van der Waals surface area contributed by atoms with Crippen molar-refractivity contribution in [3.63, 3.8) is 0 Å². The van der Waals surface area contributed by atoms with Gasteiger partial charge in [0.15, 0.2) is 10.2 Å². The molecule has 1 aliphatic rings. The molecule has 0 radical (unpaired) electrons. The number of fused-ring (bicyclic) bond motifs is 1. The lowest BCUT2D eigenvalue weighted by atomic mass is 10.0. The number of hydrogen-bond donors (Lipinski definition) is 2. The molecule has 1 amide bonds. The van der Waals surface area contributed by atoms with Crippen molar-refractivity contribution in [1.82, 2.24) is 24.8 Å². The van der Waals surface area contributed by atoms with Gasteiger partial charge in [-0.25, -0.2) is 4.98 Å². The van der Waals surface area contributed by atoms with E-state index in [4.69, 9.17) is 17.2 Å². The molecule has 2 aromatic carbocycles. The highest BCUT2D eigenvalue weighted by molar-refractivity contribution is 7.80. The van der Waals surface area contributed by atoms with E-state index in [1.165, 1.54) is 0 Å². The van der Waals surface area contributed by atoms with Crippen LogP contribution in [0.1, 0.15) is 35.5 Å². The van der Waals surface area contributed by atoms with Gasteiger partial charge >= 0.3 is 0 Å². The van der Waals surface area contributed by atoms with Crippen molar-refractivity contribution in [3.05, 3.63) is 108 Å². The van der Waals surface area contributed by atoms with E-state index in [2.05, 4.69) is 37.2 Å². The molecule has 0 saturated carbocycles. The molecule has 6 rings (SSSR count). The summed E-state index contributed by atoms with van der Waals surface area (Å²) in [7, 11) is 0. The van der Waals surface area contributed by atoms with Crippen LogP contribution >= 0.6 is 23.6 Å². The topological polar surface area (TPSA) is 75.1 Å². The van der Waals surface area contributed by atoms with Crippen LogP contribution in [-0.2, 0) is 4.79 Å². The number of nitrogens with zero attached hydrogens (tertiary/aromatic N) is 4. The number of para-hydroxylation sites is 1. The Labute approximate surface area is 230 Å². The smallest absolute Gasteiger partial charge is 0.226 e. The third kappa shape index (κ3) is 4.78. The van der Waals surface area contributed by atoms with Crippen LogP contribution in [-0.4, -0.2) is 37.0 Å². The van der Waals surface area contributed by atoms with Gasteiger partial charge in [-0.05, 0) is 67.7 Å². The number of hydrogen-bond acceptors (Lipinski definition) is 5. The molecule has 0 aliphatic carbocycles. The van der Waals surface area contributed by atoms with Crippen LogP contribution in [0.5, 0.6) is 0 Å². The Kier molecular flexibility index (Phi) is 6.61. The molecule has 1 aliphatic heterocycles. The van der Waals surface area contributed by atoms with Crippen molar-refractivity contribution in [2.45, 2.75) is 25.4 Å². The molecule has 38 heavy (non-hydrogen) atoms. The van der Waals surface area contributed by atoms with Crippen molar-refractivity contribution in [3.8, 4) is 5.13 Å². The fraction of sp³-hybridized carbons (Fsp3) is 0.172. The van der Waals surface area contributed by atoms with E-state index in [9.17, 15) is 4.79 Å². The SMILES string of the molecule is Cc1ccc(NC(=O)CCN2C(=S)N[C@H](c3ccccn3)[C@H]2c2cccn2-c2nc3ccccc3s2)cc1. The van der Waals surface area contributed by atoms with Crippen molar-refractivity contribution in [1.29, 1.82) is 0 Å². The number of anilines is 1. The Hall–Kier alpha value is -4.08. The third-order valence-electron chi connectivity index (χ3n) is 6.68. The molecular formula is C29H26N6OS2. The average molecular weight is 539 g/mol. The van der Waals surface area contributed by atoms with Crippen molar-refractivity contribution < 1.29 is 4.79 Å².